The van der Waals surface area contributed by atoms with E-state index in [0.717, 1.165) is 23.7 Å². The highest BCUT2D eigenvalue weighted by Crippen LogP contribution is 2.03. The average molecular weight is 268 g/mol. The molecule has 0 spiro atoms. The van der Waals surface area contributed by atoms with Crippen molar-refractivity contribution in [2.75, 3.05) is 11.5 Å². The smallest absolute Gasteiger partial charge is 0.172 e. The Labute approximate surface area is 98.6 Å². The average Bonchev–Trinajstić information content (AvgIpc) is 2.22. The van der Waals surface area contributed by atoms with Gasteiger partial charge in [-0.05, 0) is 12.8 Å². The van der Waals surface area contributed by atoms with Gasteiger partial charge in [0.2, 0.25) is 0 Å². The summed E-state index contributed by atoms with van der Waals surface area (Å²) in [5.41, 5.74) is 0. The van der Waals surface area contributed by atoms with Gasteiger partial charge < -0.3 is 0 Å². The molecule has 0 fully saturated rings. The Morgan fingerprint density at radius 2 is 1.06 bits per heavy atom. The Balaban J connectivity index is 4.47. The summed E-state index contributed by atoms with van der Waals surface area (Å²) in [6.07, 6.45) is 2.66. The normalized spacial score (nSPS) is 13.4. The summed E-state index contributed by atoms with van der Waals surface area (Å²) >= 11 is 0. The highest BCUT2D eigenvalue weighted by atomic mass is 32.2. The molecular formula is C10H20O4S2. The SMILES string of the molecule is CCCCS(=O)(=O)/C=C/S(=O)(=O)CCCC. The molecule has 0 aromatic heterocycles. The molecule has 4 nitrogen and oxygen atoms in total. The molecule has 0 bridgehead atoms. The molecule has 0 unspecified atom stereocenters. The van der Waals surface area contributed by atoms with E-state index in [1.807, 2.05) is 13.8 Å². The van der Waals surface area contributed by atoms with Crippen molar-refractivity contribution in [2.24, 2.45) is 0 Å². The summed E-state index contributed by atoms with van der Waals surface area (Å²) in [7, 11) is -6.72. The molecule has 16 heavy (non-hydrogen) atoms. The van der Waals surface area contributed by atoms with E-state index in [1.54, 1.807) is 0 Å². The fraction of sp³-hybridized carbons (Fsp3) is 0.800. The lowest BCUT2D eigenvalue weighted by Gasteiger charge is -1.98. The minimum absolute atomic E-state index is 0.0172. The number of sulfone groups is 2. The van der Waals surface area contributed by atoms with Crippen molar-refractivity contribution < 1.29 is 16.8 Å². The molecule has 0 N–H and O–H groups in total. The molecule has 0 aliphatic heterocycles. The molecule has 0 amide bonds. The first-order valence-corrected chi connectivity index (χ1v) is 8.89. The van der Waals surface area contributed by atoms with Gasteiger partial charge in [-0.3, -0.25) is 0 Å². The van der Waals surface area contributed by atoms with Gasteiger partial charge in [-0.2, -0.15) is 0 Å². The number of hydrogen-bond donors (Lipinski definition) is 0. The molecule has 0 aromatic carbocycles. The summed E-state index contributed by atoms with van der Waals surface area (Å²) < 4.78 is 45.4. The van der Waals surface area contributed by atoms with Crippen molar-refractivity contribution in [3.8, 4) is 0 Å². The lowest BCUT2D eigenvalue weighted by atomic mass is 10.4. The molecule has 0 atom stereocenters. The monoisotopic (exact) mass is 268 g/mol. The van der Waals surface area contributed by atoms with E-state index in [0.29, 0.717) is 12.8 Å². The topological polar surface area (TPSA) is 68.3 Å². The quantitative estimate of drug-likeness (QED) is 0.674. The molecule has 0 saturated heterocycles. The van der Waals surface area contributed by atoms with Crippen LogP contribution in [0, 0.1) is 0 Å². The van der Waals surface area contributed by atoms with Crippen LogP contribution in [0.5, 0.6) is 0 Å². The molecule has 0 saturated carbocycles. The van der Waals surface area contributed by atoms with Gasteiger partial charge in [0, 0.05) is 10.8 Å². The van der Waals surface area contributed by atoms with Crippen LogP contribution in [0.25, 0.3) is 0 Å². The molecular weight excluding hydrogens is 248 g/mol. The molecule has 6 heteroatoms. The summed E-state index contributed by atoms with van der Waals surface area (Å²) in [5, 5.41) is 1.65. The van der Waals surface area contributed by atoms with Crippen LogP contribution in [-0.4, -0.2) is 28.3 Å². The van der Waals surface area contributed by atoms with Crippen molar-refractivity contribution in [1.82, 2.24) is 0 Å². The van der Waals surface area contributed by atoms with E-state index in [1.165, 1.54) is 0 Å². The molecule has 0 rings (SSSR count). The standard InChI is InChI=1S/C10H20O4S2/c1-3-5-7-15(11,12)9-10-16(13,14)8-6-4-2/h9-10H,3-8H2,1-2H3/b10-9+. The minimum Gasteiger partial charge on any atom is -0.224 e. The van der Waals surface area contributed by atoms with Crippen LogP contribution < -0.4 is 0 Å². The highest BCUT2D eigenvalue weighted by Gasteiger charge is 2.09. The highest BCUT2D eigenvalue weighted by molar-refractivity contribution is 7.97. The van der Waals surface area contributed by atoms with Crippen molar-refractivity contribution in [3.63, 3.8) is 0 Å². The van der Waals surface area contributed by atoms with Crippen LogP contribution in [-0.2, 0) is 19.7 Å². The van der Waals surface area contributed by atoms with E-state index < -0.39 is 19.7 Å². The molecule has 0 heterocycles. The van der Waals surface area contributed by atoms with Crippen molar-refractivity contribution in [3.05, 3.63) is 10.8 Å². The zero-order chi connectivity index (χ0) is 12.7. The summed E-state index contributed by atoms with van der Waals surface area (Å²) in [4.78, 5) is 0. The van der Waals surface area contributed by atoms with Gasteiger partial charge >= 0.3 is 0 Å². The van der Waals surface area contributed by atoms with Crippen LogP contribution in [0.1, 0.15) is 39.5 Å². The van der Waals surface area contributed by atoms with E-state index in [-0.39, 0.29) is 11.5 Å². The first kappa shape index (κ1) is 15.6. The van der Waals surface area contributed by atoms with Crippen LogP contribution in [0.3, 0.4) is 0 Å². The lowest BCUT2D eigenvalue weighted by molar-refractivity contribution is 0.597. The van der Waals surface area contributed by atoms with Crippen molar-refractivity contribution in [1.29, 1.82) is 0 Å². The van der Waals surface area contributed by atoms with Gasteiger partial charge in [0.25, 0.3) is 0 Å². The lowest BCUT2D eigenvalue weighted by Crippen LogP contribution is -2.05. The van der Waals surface area contributed by atoms with E-state index in [2.05, 4.69) is 0 Å². The van der Waals surface area contributed by atoms with E-state index >= 15 is 0 Å². The largest absolute Gasteiger partial charge is 0.224 e. The maximum Gasteiger partial charge on any atom is 0.172 e. The Hall–Kier alpha value is -0.360. The minimum atomic E-state index is -3.36. The summed E-state index contributed by atoms with van der Waals surface area (Å²) in [6.45, 7) is 3.77. The summed E-state index contributed by atoms with van der Waals surface area (Å²) in [5.74, 6) is 0.0343. The predicted molar refractivity (Wildman–Crippen MR) is 66.5 cm³/mol. The van der Waals surface area contributed by atoms with Gasteiger partial charge in [0.1, 0.15) is 0 Å². The van der Waals surface area contributed by atoms with Gasteiger partial charge in [-0.25, -0.2) is 16.8 Å². The third-order valence-corrected chi connectivity index (χ3v) is 5.02. The van der Waals surface area contributed by atoms with Crippen LogP contribution in [0.15, 0.2) is 10.8 Å². The van der Waals surface area contributed by atoms with Gasteiger partial charge in [-0.1, -0.05) is 26.7 Å². The van der Waals surface area contributed by atoms with E-state index in [4.69, 9.17) is 0 Å². The first-order chi connectivity index (χ1) is 7.33. The Morgan fingerprint density at radius 1 is 0.750 bits per heavy atom. The van der Waals surface area contributed by atoms with Gasteiger partial charge in [0.15, 0.2) is 19.7 Å². The third-order valence-electron chi connectivity index (χ3n) is 2.04. The van der Waals surface area contributed by atoms with Gasteiger partial charge in [-0.15, -0.1) is 0 Å². The Kier molecular flexibility index (Phi) is 6.90. The molecule has 0 radical (unpaired) electrons. The molecule has 0 aliphatic carbocycles. The number of hydrogen-bond acceptors (Lipinski definition) is 4. The molecule has 0 aromatic rings. The fourth-order valence-corrected chi connectivity index (χ4v) is 4.00. The first-order valence-electron chi connectivity index (χ1n) is 5.46. The van der Waals surface area contributed by atoms with Gasteiger partial charge in [0.05, 0.1) is 11.5 Å². The van der Waals surface area contributed by atoms with Crippen LogP contribution in [0.2, 0.25) is 0 Å². The zero-order valence-electron chi connectivity index (χ0n) is 9.85. The van der Waals surface area contributed by atoms with Crippen molar-refractivity contribution >= 4 is 19.7 Å². The van der Waals surface area contributed by atoms with E-state index in [9.17, 15) is 16.8 Å². The maximum atomic E-state index is 11.4. The predicted octanol–water partition coefficient (Wildman–Crippen LogP) is 1.89. The number of unbranched alkanes of at least 4 members (excludes halogenated alkanes) is 2. The van der Waals surface area contributed by atoms with Crippen LogP contribution >= 0.6 is 0 Å². The second-order valence-corrected chi connectivity index (χ2v) is 7.73. The molecule has 0 aliphatic rings. The second kappa shape index (κ2) is 7.06. The zero-order valence-corrected chi connectivity index (χ0v) is 11.5. The fourth-order valence-electron chi connectivity index (χ4n) is 0.996. The Morgan fingerprint density at radius 3 is 1.31 bits per heavy atom. The second-order valence-electron chi connectivity index (χ2n) is 3.71. The maximum absolute atomic E-state index is 11.4. The molecule has 96 valence electrons. The summed E-state index contributed by atoms with van der Waals surface area (Å²) in [6, 6.07) is 0. The van der Waals surface area contributed by atoms with Crippen LogP contribution in [0.4, 0.5) is 0 Å². The number of rotatable bonds is 8. The third kappa shape index (κ3) is 7.87. The van der Waals surface area contributed by atoms with Crippen molar-refractivity contribution in [2.45, 2.75) is 39.5 Å². The Bertz CT molecular complexity index is 364.